The molecule has 3 aromatic carbocycles. The van der Waals surface area contributed by atoms with E-state index in [1.165, 1.54) is 11.3 Å². The van der Waals surface area contributed by atoms with Crippen molar-refractivity contribution >= 4 is 40.0 Å². The maximum Gasteiger partial charge on any atom is 0.338 e. The molecule has 0 radical (unpaired) electrons. The van der Waals surface area contributed by atoms with E-state index in [0.717, 1.165) is 33.3 Å². The third kappa shape index (κ3) is 5.14. The van der Waals surface area contributed by atoms with E-state index in [-0.39, 0.29) is 12.2 Å². The third-order valence-corrected chi connectivity index (χ3v) is 8.81. The second-order valence-corrected chi connectivity index (χ2v) is 11.8. The van der Waals surface area contributed by atoms with Crippen LogP contribution in [-0.4, -0.2) is 35.8 Å². The van der Waals surface area contributed by atoms with Gasteiger partial charge in [0.05, 0.1) is 40.1 Å². The van der Waals surface area contributed by atoms with E-state index in [1.54, 1.807) is 18.4 Å². The highest BCUT2D eigenvalue weighted by atomic mass is 32.1. The highest BCUT2D eigenvalue weighted by molar-refractivity contribution is 7.07. The molecule has 0 bridgehead atoms. The minimum atomic E-state index is -0.674. The molecule has 0 N–H and O–H groups in total. The van der Waals surface area contributed by atoms with Crippen molar-refractivity contribution in [3.63, 3.8) is 0 Å². The number of benzene rings is 3. The van der Waals surface area contributed by atoms with E-state index in [0.29, 0.717) is 32.7 Å². The van der Waals surface area contributed by atoms with Gasteiger partial charge in [-0.3, -0.25) is 9.36 Å². The lowest BCUT2D eigenvalue weighted by Crippen LogP contribution is -2.39. The number of thiazole rings is 1. The summed E-state index contributed by atoms with van der Waals surface area (Å²) in [5, 5.41) is 10.6. The first-order chi connectivity index (χ1) is 21.3. The number of esters is 1. The molecule has 0 spiro atoms. The van der Waals surface area contributed by atoms with Crippen molar-refractivity contribution in [2.75, 3.05) is 25.6 Å². The molecule has 6 rings (SSSR count). The van der Waals surface area contributed by atoms with Gasteiger partial charge in [0.1, 0.15) is 0 Å². The molecule has 44 heavy (non-hydrogen) atoms. The van der Waals surface area contributed by atoms with E-state index in [9.17, 15) is 14.9 Å². The molecule has 9 heteroatoms. The zero-order chi connectivity index (χ0) is 31.0. The van der Waals surface area contributed by atoms with Gasteiger partial charge in [0.25, 0.3) is 5.56 Å². The van der Waals surface area contributed by atoms with Crippen LogP contribution in [0.15, 0.2) is 100 Å². The van der Waals surface area contributed by atoms with Crippen molar-refractivity contribution in [2.24, 2.45) is 4.99 Å². The highest BCUT2D eigenvalue weighted by Crippen LogP contribution is 2.32. The van der Waals surface area contributed by atoms with Crippen molar-refractivity contribution in [3.8, 4) is 6.07 Å². The summed E-state index contributed by atoms with van der Waals surface area (Å²) >= 11 is 1.30. The van der Waals surface area contributed by atoms with Gasteiger partial charge >= 0.3 is 5.97 Å². The summed E-state index contributed by atoms with van der Waals surface area (Å²) in [6.45, 7) is 4.29. The molecule has 0 amide bonds. The number of carbonyl (C=O) groups is 1. The summed E-state index contributed by atoms with van der Waals surface area (Å²) in [6.07, 6.45) is 3.91. The van der Waals surface area contributed by atoms with Crippen molar-refractivity contribution in [2.45, 2.75) is 26.4 Å². The van der Waals surface area contributed by atoms with Gasteiger partial charge in [-0.25, -0.2) is 9.79 Å². The first kappa shape index (κ1) is 28.9. The number of ether oxygens (including phenoxy) is 1. The Morgan fingerprint density at radius 3 is 2.55 bits per heavy atom. The van der Waals surface area contributed by atoms with Crippen LogP contribution in [0.2, 0.25) is 0 Å². The first-order valence-corrected chi connectivity index (χ1v) is 15.1. The number of rotatable bonds is 7. The number of anilines is 1. The average molecular weight is 602 g/mol. The van der Waals surface area contributed by atoms with Gasteiger partial charge in [-0.1, -0.05) is 59.9 Å². The van der Waals surface area contributed by atoms with E-state index in [4.69, 9.17) is 9.73 Å². The predicted octanol–water partition coefficient (Wildman–Crippen LogP) is 4.74. The molecule has 0 fully saturated rings. The number of nitriles is 1. The SMILES string of the molecule is CCOC(=O)C1=C(C)N=c2s/c(=C\c3cn(Cc4ccccc4C#N)c4ccccc34)c(=O)n2C1c1ccc(N(C)C)cc1. The lowest BCUT2D eigenvalue weighted by molar-refractivity contribution is -0.139. The lowest BCUT2D eigenvalue weighted by atomic mass is 9.95. The third-order valence-electron chi connectivity index (χ3n) is 7.83. The second kappa shape index (κ2) is 11.8. The lowest BCUT2D eigenvalue weighted by Gasteiger charge is -2.25. The van der Waals surface area contributed by atoms with Crippen LogP contribution in [0, 0.1) is 11.3 Å². The van der Waals surface area contributed by atoms with Crippen LogP contribution in [0.3, 0.4) is 0 Å². The van der Waals surface area contributed by atoms with Crippen molar-refractivity contribution in [1.82, 2.24) is 9.13 Å². The predicted molar refractivity (Wildman–Crippen MR) is 173 cm³/mol. The van der Waals surface area contributed by atoms with Gasteiger partial charge in [-0.2, -0.15) is 5.26 Å². The van der Waals surface area contributed by atoms with Crippen LogP contribution >= 0.6 is 11.3 Å². The molecule has 5 aromatic rings. The molecule has 1 atom stereocenters. The molecule has 2 aromatic heterocycles. The number of carbonyl (C=O) groups excluding carboxylic acids is 1. The molecule has 1 unspecified atom stereocenters. The fourth-order valence-corrected chi connectivity index (χ4v) is 6.71. The van der Waals surface area contributed by atoms with E-state index >= 15 is 0 Å². The summed E-state index contributed by atoms with van der Waals surface area (Å²) in [5.74, 6) is -0.481. The molecule has 0 saturated carbocycles. The molecule has 1 aliphatic heterocycles. The van der Waals surface area contributed by atoms with Crippen LogP contribution in [0.1, 0.15) is 42.1 Å². The van der Waals surface area contributed by atoms with Gasteiger partial charge in [-0.15, -0.1) is 0 Å². The topological polar surface area (TPSA) is 92.6 Å². The summed E-state index contributed by atoms with van der Waals surface area (Å²) in [7, 11) is 3.93. The summed E-state index contributed by atoms with van der Waals surface area (Å²) in [5.41, 5.74) is 5.91. The van der Waals surface area contributed by atoms with Gasteiger partial charge < -0.3 is 14.2 Å². The van der Waals surface area contributed by atoms with E-state index in [1.807, 2.05) is 104 Å². The highest BCUT2D eigenvalue weighted by Gasteiger charge is 2.33. The molecule has 0 saturated heterocycles. The molecule has 220 valence electrons. The summed E-state index contributed by atoms with van der Waals surface area (Å²) < 4.78 is 9.66. The van der Waals surface area contributed by atoms with Gasteiger partial charge in [0.2, 0.25) is 0 Å². The number of aromatic nitrogens is 2. The Labute approximate surface area is 258 Å². The minimum Gasteiger partial charge on any atom is -0.463 e. The van der Waals surface area contributed by atoms with Crippen LogP contribution in [0.5, 0.6) is 0 Å². The molecular weight excluding hydrogens is 570 g/mol. The maximum atomic E-state index is 14.2. The monoisotopic (exact) mass is 601 g/mol. The van der Waals surface area contributed by atoms with E-state index < -0.39 is 12.0 Å². The van der Waals surface area contributed by atoms with Gasteiger partial charge in [0, 0.05) is 49.0 Å². The second-order valence-electron chi connectivity index (χ2n) is 10.8. The summed E-state index contributed by atoms with van der Waals surface area (Å²) in [4.78, 5) is 34.7. The number of fused-ring (bicyclic) bond motifs is 2. The van der Waals surface area contributed by atoms with E-state index in [2.05, 4.69) is 10.6 Å². The zero-order valence-electron chi connectivity index (χ0n) is 24.9. The van der Waals surface area contributed by atoms with Crippen LogP contribution in [-0.2, 0) is 16.1 Å². The number of hydrogen-bond acceptors (Lipinski definition) is 7. The zero-order valence-corrected chi connectivity index (χ0v) is 25.8. The van der Waals surface area contributed by atoms with Crippen molar-refractivity contribution < 1.29 is 9.53 Å². The Morgan fingerprint density at radius 2 is 1.82 bits per heavy atom. The van der Waals surface area contributed by atoms with Gasteiger partial charge in [0.15, 0.2) is 4.80 Å². The molecule has 8 nitrogen and oxygen atoms in total. The van der Waals surface area contributed by atoms with Crippen molar-refractivity contribution in [1.29, 1.82) is 5.26 Å². The molecule has 1 aliphatic rings. The van der Waals surface area contributed by atoms with Crippen LogP contribution < -0.4 is 19.8 Å². The maximum absolute atomic E-state index is 14.2. The van der Waals surface area contributed by atoms with Gasteiger partial charge in [-0.05, 0) is 55.3 Å². The summed E-state index contributed by atoms with van der Waals surface area (Å²) in [6, 6.07) is 25.0. The number of hydrogen-bond donors (Lipinski definition) is 0. The Morgan fingerprint density at radius 1 is 1.09 bits per heavy atom. The van der Waals surface area contributed by atoms with Crippen LogP contribution in [0.4, 0.5) is 5.69 Å². The first-order valence-electron chi connectivity index (χ1n) is 14.3. The molecule has 3 heterocycles. The van der Waals surface area contributed by atoms with Crippen molar-refractivity contribution in [3.05, 3.63) is 132 Å². The largest absolute Gasteiger partial charge is 0.463 e. The average Bonchev–Trinajstić information content (AvgIpc) is 3.52. The van der Waals surface area contributed by atoms with Crippen LogP contribution in [0.25, 0.3) is 17.0 Å². The standard InChI is InChI=1S/C35H31N5O3S/c1-5-43-34(42)31-22(2)37-35-40(32(31)23-14-16-27(17-15-23)38(3)4)33(41)30(44-35)18-26-21-39(29-13-9-8-12-28(26)29)20-25-11-7-6-10-24(25)19-36/h6-18,21,32H,5,20H2,1-4H3/b30-18-. The Hall–Kier alpha value is -5.20. The molecule has 0 aliphatic carbocycles. The Bertz CT molecular complexity index is 2160. The minimum absolute atomic E-state index is 0.217. The fourth-order valence-electron chi connectivity index (χ4n) is 5.67. The fraction of sp³-hybridized carbons (Fsp3) is 0.200. The Kier molecular flexibility index (Phi) is 7.77. The number of nitrogens with zero attached hydrogens (tertiary/aromatic N) is 5. The Balaban J connectivity index is 1.51. The molecular formula is C35H31N5O3S. The smallest absolute Gasteiger partial charge is 0.338 e. The number of allylic oxidation sites excluding steroid dienone is 1. The quantitative estimate of drug-likeness (QED) is 0.252. The normalized spacial score (nSPS) is 14.7. The number of para-hydroxylation sites is 1.